The van der Waals surface area contributed by atoms with Crippen LogP contribution in [0.15, 0.2) is 9.40 Å². The molecule has 0 aliphatic carbocycles. The number of nitrogens with one attached hydrogen (secondary N) is 1. The molecule has 0 unspecified atom stereocenters. The van der Waals surface area contributed by atoms with Crippen LogP contribution in [0, 0.1) is 5.82 Å². The second-order valence-electron chi connectivity index (χ2n) is 1.97. The quantitative estimate of drug-likeness (QED) is 0.725. The normalized spacial score (nSPS) is 10.1. The van der Waals surface area contributed by atoms with Crippen molar-refractivity contribution in [1.29, 1.82) is 0 Å². The predicted octanol–water partition coefficient (Wildman–Crippen LogP) is 1.23. The maximum absolute atomic E-state index is 12.6. The molecule has 0 aromatic carbocycles. The largest absolute Gasteiger partial charge is 0.308 e. The first-order valence-electron chi connectivity index (χ1n) is 3.09. The molecule has 5 heteroatoms. The van der Waals surface area contributed by atoms with Gasteiger partial charge in [-0.05, 0) is 15.9 Å². The lowest BCUT2D eigenvalue weighted by Gasteiger charge is -1.96. The van der Waals surface area contributed by atoms with Crippen LogP contribution in [0.4, 0.5) is 4.39 Å². The Kier molecular flexibility index (Phi) is 2.38. The summed E-state index contributed by atoms with van der Waals surface area (Å²) in [4.78, 5) is 16.8. The molecular formula is C6H6BrFN2O. The van der Waals surface area contributed by atoms with Gasteiger partial charge in [-0.3, -0.25) is 4.79 Å². The number of aryl methyl sites for hydroxylation is 1. The summed E-state index contributed by atoms with van der Waals surface area (Å²) in [6.45, 7) is 1.82. The zero-order valence-electron chi connectivity index (χ0n) is 5.82. The van der Waals surface area contributed by atoms with Crippen LogP contribution >= 0.6 is 15.9 Å². The minimum absolute atomic E-state index is 0.0295. The summed E-state index contributed by atoms with van der Waals surface area (Å²) >= 11 is 2.83. The molecular weight excluding hydrogens is 215 g/mol. The summed E-state index contributed by atoms with van der Waals surface area (Å²) in [7, 11) is 0. The van der Waals surface area contributed by atoms with Crippen molar-refractivity contribution in [2.24, 2.45) is 0 Å². The van der Waals surface area contributed by atoms with E-state index < -0.39 is 11.4 Å². The highest BCUT2D eigenvalue weighted by molar-refractivity contribution is 9.10. The van der Waals surface area contributed by atoms with Crippen molar-refractivity contribution in [3.05, 3.63) is 26.6 Å². The van der Waals surface area contributed by atoms with Gasteiger partial charge in [-0.2, -0.15) is 4.39 Å². The van der Waals surface area contributed by atoms with Crippen LogP contribution in [0.1, 0.15) is 12.7 Å². The van der Waals surface area contributed by atoms with Crippen molar-refractivity contribution >= 4 is 15.9 Å². The molecule has 0 atom stereocenters. The van der Waals surface area contributed by atoms with Crippen molar-refractivity contribution < 1.29 is 4.39 Å². The molecule has 3 nitrogen and oxygen atoms in total. The van der Waals surface area contributed by atoms with E-state index in [-0.39, 0.29) is 4.60 Å². The van der Waals surface area contributed by atoms with Crippen LogP contribution in [0.5, 0.6) is 0 Å². The Labute approximate surface area is 70.8 Å². The van der Waals surface area contributed by atoms with Crippen LogP contribution < -0.4 is 5.56 Å². The van der Waals surface area contributed by atoms with Gasteiger partial charge in [0.25, 0.3) is 5.56 Å². The molecule has 0 bridgehead atoms. The molecule has 0 fully saturated rings. The number of hydrogen-bond acceptors (Lipinski definition) is 2. The van der Waals surface area contributed by atoms with Gasteiger partial charge in [-0.25, -0.2) is 4.98 Å². The topological polar surface area (TPSA) is 45.8 Å². The minimum atomic E-state index is -0.873. The zero-order chi connectivity index (χ0) is 8.43. The van der Waals surface area contributed by atoms with Crippen LogP contribution in [-0.2, 0) is 6.42 Å². The van der Waals surface area contributed by atoms with Gasteiger partial charge < -0.3 is 4.98 Å². The smallest absolute Gasteiger partial charge is 0.288 e. The highest BCUT2D eigenvalue weighted by Crippen LogP contribution is 2.06. The Hall–Kier alpha value is -0.710. The molecule has 11 heavy (non-hydrogen) atoms. The second kappa shape index (κ2) is 3.13. The maximum Gasteiger partial charge on any atom is 0.288 e. The third-order valence-corrected chi connectivity index (χ3v) is 1.73. The molecule has 0 saturated carbocycles. The second-order valence-corrected chi connectivity index (χ2v) is 2.72. The lowest BCUT2D eigenvalue weighted by Crippen LogP contribution is -2.15. The minimum Gasteiger partial charge on any atom is -0.308 e. The molecule has 0 radical (unpaired) electrons. The first-order valence-corrected chi connectivity index (χ1v) is 3.88. The Morgan fingerprint density at radius 3 is 2.82 bits per heavy atom. The van der Waals surface area contributed by atoms with Gasteiger partial charge in [0.1, 0.15) is 10.4 Å². The van der Waals surface area contributed by atoms with E-state index in [1.807, 2.05) is 6.92 Å². The Bertz CT molecular complexity index is 323. The number of nitrogens with zero attached hydrogens (tertiary/aromatic N) is 1. The number of aromatic amines is 1. The van der Waals surface area contributed by atoms with Crippen molar-refractivity contribution in [2.75, 3.05) is 0 Å². The lowest BCUT2D eigenvalue weighted by atomic mass is 10.4. The molecule has 0 aliphatic rings. The van der Waals surface area contributed by atoms with Crippen molar-refractivity contribution in [3.63, 3.8) is 0 Å². The van der Waals surface area contributed by atoms with Crippen LogP contribution in [-0.4, -0.2) is 9.97 Å². The molecule has 0 saturated heterocycles. The Balaban J connectivity index is 3.32. The van der Waals surface area contributed by atoms with E-state index in [1.165, 1.54) is 0 Å². The third-order valence-electron chi connectivity index (χ3n) is 1.21. The summed E-state index contributed by atoms with van der Waals surface area (Å²) < 4.78 is 12.6. The van der Waals surface area contributed by atoms with E-state index in [4.69, 9.17) is 0 Å². The van der Waals surface area contributed by atoms with E-state index in [1.54, 1.807) is 0 Å². The van der Waals surface area contributed by atoms with Gasteiger partial charge in [0.2, 0.25) is 5.82 Å². The molecule has 1 heterocycles. The van der Waals surface area contributed by atoms with Crippen molar-refractivity contribution in [2.45, 2.75) is 13.3 Å². The molecule has 1 aromatic heterocycles. The van der Waals surface area contributed by atoms with Gasteiger partial charge in [0.15, 0.2) is 0 Å². The predicted molar refractivity (Wildman–Crippen MR) is 41.9 cm³/mol. The molecule has 1 aromatic rings. The molecule has 0 aliphatic heterocycles. The van der Waals surface area contributed by atoms with Gasteiger partial charge >= 0.3 is 0 Å². The van der Waals surface area contributed by atoms with Crippen molar-refractivity contribution in [1.82, 2.24) is 9.97 Å². The molecule has 60 valence electrons. The first kappa shape index (κ1) is 8.39. The monoisotopic (exact) mass is 220 g/mol. The molecule has 1 N–H and O–H groups in total. The number of rotatable bonds is 1. The average molecular weight is 221 g/mol. The fourth-order valence-corrected chi connectivity index (χ4v) is 1.04. The van der Waals surface area contributed by atoms with E-state index in [9.17, 15) is 9.18 Å². The van der Waals surface area contributed by atoms with Gasteiger partial charge in [0, 0.05) is 6.42 Å². The van der Waals surface area contributed by atoms with Crippen molar-refractivity contribution in [3.8, 4) is 0 Å². The summed E-state index contributed by atoms with van der Waals surface area (Å²) in [5, 5.41) is 0. The lowest BCUT2D eigenvalue weighted by molar-refractivity contribution is 0.585. The fourth-order valence-electron chi connectivity index (χ4n) is 0.643. The zero-order valence-corrected chi connectivity index (χ0v) is 7.40. The summed E-state index contributed by atoms with van der Waals surface area (Å²) in [6, 6.07) is 0. The van der Waals surface area contributed by atoms with Gasteiger partial charge in [0.05, 0.1) is 0 Å². The first-order chi connectivity index (χ1) is 5.15. The van der Waals surface area contributed by atoms with Crippen LogP contribution in [0.2, 0.25) is 0 Å². The van der Waals surface area contributed by atoms with Crippen LogP contribution in [0.25, 0.3) is 0 Å². The third kappa shape index (κ3) is 1.65. The maximum atomic E-state index is 12.6. The van der Waals surface area contributed by atoms with Gasteiger partial charge in [-0.15, -0.1) is 0 Å². The van der Waals surface area contributed by atoms with E-state index >= 15 is 0 Å². The summed E-state index contributed by atoms with van der Waals surface area (Å²) in [5.74, 6) is -0.398. The number of halogens is 2. The number of H-pyrrole nitrogens is 1. The Morgan fingerprint density at radius 2 is 2.36 bits per heavy atom. The van der Waals surface area contributed by atoms with E-state index in [0.29, 0.717) is 12.2 Å². The van der Waals surface area contributed by atoms with Crippen LogP contribution in [0.3, 0.4) is 0 Å². The van der Waals surface area contributed by atoms with Gasteiger partial charge in [-0.1, -0.05) is 6.92 Å². The SMILES string of the molecule is CCc1nc(Br)c(F)c(=O)[nH]1. The highest BCUT2D eigenvalue weighted by Gasteiger charge is 2.06. The molecule has 1 rings (SSSR count). The fraction of sp³-hybridized carbons (Fsp3) is 0.333. The van der Waals surface area contributed by atoms with E-state index in [0.717, 1.165) is 0 Å². The van der Waals surface area contributed by atoms with E-state index in [2.05, 4.69) is 25.9 Å². The average Bonchev–Trinajstić information content (AvgIpc) is 1.99. The highest BCUT2D eigenvalue weighted by atomic mass is 79.9. The summed E-state index contributed by atoms with van der Waals surface area (Å²) in [5.41, 5.74) is -0.733. The Morgan fingerprint density at radius 1 is 1.73 bits per heavy atom. The number of hydrogen-bond donors (Lipinski definition) is 1. The standard InChI is InChI=1S/C6H6BrFN2O/c1-2-3-9-5(7)4(8)6(11)10-3/h2H2,1H3,(H,9,10,11). The number of aromatic nitrogens is 2. The molecule has 0 amide bonds. The molecule has 0 spiro atoms. The summed E-state index contributed by atoms with van der Waals surface area (Å²) in [6.07, 6.45) is 0.578.